The van der Waals surface area contributed by atoms with E-state index in [2.05, 4.69) is 10.4 Å². The first-order valence-electron chi connectivity index (χ1n) is 5.52. The number of aliphatic hydroxyl groups is 1. The molecule has 1 aromatic heterocycles. The lowest BCUT2D eigenvalue weighted by Crippen LogP contribution is -2.17. The molecule has 1 atom stereocenters. The van der Waals surface area contributed by atoms with Crippen LogP contribution in [0.4, 0.5) is 5.82 Å². The fourth-order valence-corrected chi connectivity index (χ4v) is 1.37. The summed E-state index contributed by atoms with van der Waals surface area (Å²) in [7, 11) is 0. The number of nitrogens with zero attached hydrogens (tertiary/aromatic N) is 2. The van der Waals surface area contributed by atoms with Gasteiger partial charge in [0, 0.05) is 18.5 Å². The molecule has 1 rings (SSSR count). The molecule has 1 amide bonds. The first-order valence-corrected chi connectivity index (χ1v) is 5.52. The summed E-state index contributed by atoms with van der Waals surface area (Å²) in [4.78, 5) is 11.5. The average molecular weight is 225 g/mol. The van der Waals surface area contributed by atoms with E-state index >= 15 is 0 Å². The molecule has 1 aromatic rings. The van der Waals surface area contributed by atoms with Gasteiger partial charge in [-0.25, -0.2) is 4.68 Å². The standard InChI is InChI=1S/C11H19N3O2/c1-8(2)14-10(6-7-12-14)13-11(16)5-4-9(3)15/h6-9,15H,4-5H2,1-3H3,(H,13,16). The Balaban J connectivity index is 2.53. The van der Waals surface area contributed by atoms with Crippen molar-refractivity contribution < 1.29 is 9.90 Å². The third-order valence-electron chi connectivity index (χ3n) is 2.22. The molecule has 5 heteroatoms. The van der Waals surface area contributed by atoms with Gasteiger partial charge in [-0.15, -0.1) is 0 Å². The van der Waals surface area contributed by atoms with Gasteiger partial charge in [0.05, 0.1) is 12.3 Å². The predicted molar refractivity (Wildman–Crippen MR) is 62.2 cm³/mol. The van der Waals surface area contributed by atoms with E-state index in [9.17, 15) is 4.79 Å². The second-order valence-corrected chi connectivity index (χ2v) is 4.19. The Morgan fingerprint density at radius 2 is 2.25 bits per heavy atom. The first kappa shape index (κ1) is 12.7. The molecule has 1 heterocycles. The van der Waals surface area contributed by atoms with Gasteiger partial charge in [-0.2, -0.15) is 5.10 Å². The van der Waals surface area contributed by atoms with Crippen LogP contribution in [0.1, 0.15) is 39.7 Å². The van der Waals surface area contributed by atoms with E-state index in [-0.39, 0.29) is 11.9 Å². The van der Waals surface area contributed by atoms with Crippen molar-refractivity contribution in [1.82, 2.24) is 9.78 Å². The summed E-state index contributed by atoms with van der Waals surface area (Å²) in [5.41, 5.74) is 0. The maximum absolute atomic E-state index is 11.5. The largest absolute Gasteiger partial charge is 0.393 e. The van der Waals surface area contributed by atoms with Gasteiger partial charge in [-0.1, -0.05) is 0 Å². The van der Waals surface area contributed by atoms with Crippen molar-refractivity contribution in [3.63, 3.8) is 0 Å². The molecule has 0 saturated heterocycles. The summed E-state index contributed by atoms with van der Waals surface area (Å²) in [6.45, 7) is 5.67. The Labute approximate surface area is 95.5 Å². The Morgan fingerprint density at radius 1 is 1.56 bits per heavy atom. The average Bonchev–Trinajstić information content (AvgIpc) is 2.62. The number of aromatic nitrogens is 2. The van der Waals surface area contributed by atoms with E-state index < -0.39 is 6.10 Å². The molecule has 0 spiro atoms. The quantitative estimate of drug-likeness (QED) is 0.799. The normalized spacial score (nSPS) is 12.8. The number of aliphatic hydroxyl groups excluding tert-OH is 1. The molecule has 0 fully saturated rings. The Morgan fingerprint density at radius 3 is 2.81 bits per heavy atom. The third kappa shape index (κ3) is 3.66. The highest BCUT2D eigenvalue weighted by molar-refractivity contribution is 5.89. The fraction of sp³-hybridized carbons (Fsp3) is 0.636. The van der Waals surface area contributed by atoms with Gasteiger partial charge < -0.3 is 10.4 Å². The van der Waals surface area contributed by atoms with Crippen LogP contribution in [0.3, 0.4) is 0 Å². The molecule has 5 nitrogen and oxygen atoms in total. The monoisotopic (exact) mass is 225 g/mol. The highest BCUT2D eigenvalue weighted by Crippen LogP contribution is 2.13. The first-order chi connectivity index (χ1) is 7.50. The van der Waals surface area contributed by atoms with E-state index in [4.69, 9.17) is 5.11 Å². The highest BCUT2D eigenvalue weighted by atomic mass is 16.3. The van der Waals surface area contributed by atoms with E-state index in [0.717, 1.165) is 0 Å². The van der Waals surface area contributed by atoms with Crippen LogP contribution in [0.5, 0.6) is 0 Å². The van der Waals surface area contributed by atoms with Crippen LogP contribution in [-0.2, 0) is 4.79 Å². The smallest absolute Gasteiger partial charge is 0.225 e. The van der Waals surface area contributed by atoms with Gasteiger partial charge in [0.1, 0.15) is 5.82 Å². The molecule has 0 aliphatic carbocycles. The minimum absolute atomic E-state index is 0.0942. The molecule has 0 bridgehead atoms. The van der Waals surface area contributed by atoms with Crippen LogP contribution < -0.4 is 5.32 Å². The highest BCUT2D eigenvalue weighted by Gasteiger charge is 2.09. The number of carbonyl (C=O) groups excluding carboxylic acids is 1. The van der Waals surface area contributed by atoms with E-state index in [0.29, 0.717) is 18.7 Å². The molecule has 0 radical (unpaired) electrons. The number of hydrogen-bond acceptors (Lipinski definition) is 3. The molecule has 90 valence electrons. The zero-order chi connectivity index (χ0) is 12.1. The lowest BCUT2D eigenvalue weighted by atomic mass is 10.2. The van der Waals surface area contributed by atoms with Crippen molar-refractivity contribution in [2.24, 2.45) is 0 Å². The Hall–Kier alpha value is -1.36. The van der Waals surface area contributed by atoms with Gasteiger partial charge >= 0.3 is 0 Å². The van der Waals surface area contributed by atoms with Crippen LogP contribution in [0, 0.1) is 0 Å². The van der Waals surface area contributed by atoms with Crippen molar-refractivity contribution in [3.05, 3.63) is 12.3 Å². The van der Waals surface area contributed by atoms with Crippen molar-refractivity contribution in [3.8, 4) is 0 Å². The summed E-state index contributed by atoms with van der Waals surface area (Å²) in [6, 6.07) is 1.97. The number of nitrogens with one attached hydrogen (secondary N) is 1. The number of rotatable bonds is 5. The van der Waals surface area contributed by atoms with E-state index in [1.807, 2.05) is 13.8 Å². The van der Waals surface area contributed by atoms with Gasteiger partial charge in [-0.3, -0.25) is 4.79 Å². The van der Waals surface area contributed by atoms with Gasteiger partial charge in [0.25, 0.3) is 0 Å². The van der Waals surface area contributed by atoms with E-state index in [1.54, 1.807) is 23.9 Å². The van der Waals surface area contributed by atoms with Crippen LogP contribution in [0.2, 0.25) is 0 Å². The van der Waals surface area contributed by atoms with Gasteiger partial charge in [0.2, 0.25) is 5.91 Å². The van der Waals surface area contributed by atoms with Crippen LogP contribution in [0.15, 0.2) is 12.3 Å². The maximum atomic E-state index is 11.5. The topological polar surface area (TPSA) is 67.2 Å². The molecular weight excluding hydrogens is 206 g/mol. The van der Waals surface area contributed by atoms with Crippen molar-refractivity contribution in [1.29, 1.82) is 0 Å². The maximum Gasteiger partial charge on any atom is 0.225 e. The summed E-state index contributed by atoms with van der Waals surface area (Å²) >= 11 is 0. The lowest BCUT2D eigenvalue weighted by Gasteiger charge is -2.12. The van der Waals surface area contributed by atoms with Crippen LogP contribution >= 0.6 is 0 Å². The minimum atomic E-state index is -0.444. The summed E-state index contributed by atoms with van der Waals surface area (Å²) < 4.78 is 1.75. The molecule has 0 saturated carbocycles. The zero-order valence-electron chi connectivity index (χ0n) is 9.97. The van der Waals surface area contributed by atoms with Crippen LogP contribution in [0.25, 0.3) is 0 Å². The third-order valence-corrected chi connectivity index (χ3v) is 2.22. The summed E-state index contributed by atoms with van der Waals surface area (Å²) in [5, 5.41) is 16.0. The van der Waals surface area contributed by atoms with E-state index in [1.165, 1.54) is 0 Å². The Kier molecular flexibility index (Phi) is 4.49. The predicted octanol–water partition coefficient (Wildman–Crippen LogP) is 1.56. The molecule has 1 unspecified atom stereocenters. The number of carbonyl (C=O) groups is 1. The van der Waals surface area contributed by atoms with Crippen LogP contribution in [-0.4, -0.2) is 26.9 Å². The van der Waals surface area contributed by atoms with Crippen molar-refractivity contribution in [2.75, 3.05) is 5.32 Å². The number of anilines is 1. The summed E-state index contributed by atoms with van der Waals surface area (Å²) in [5.74, 6) is 0.605. The second-order valence-electron chi connectivity index (χ2n) is 4.19. The van der Waals surface area contributed by atoms with Gasteiger partial charge in [0.15, 0.2) is 0 Å². The molecule has 16 heavy (non-hydrogen) atoms. The van der Waals surface area contributed by atoms with Crippen molar-refractivity contribution in [2.45, 2.75) is 45.8 Å². The molecule has 0 aliphatic heterocycles. The summed E-state index contributed by atoms with van der Waals surface area (Å²) in [6.07, 6.45) is 2.01. The van der Waals surface area contributed by atoms with Gasteiger partial charge in [-0.05, 0) is 27.2 Å². The fourth-order valence-electron chi connectivity index (χ4n) is 1.37. The second kappa shape index (κ2) is 5.65. The minimum Gasteiger partial charge on any atom is -0.393 e. The van der Waals surface area contributed by atoms with Crippen molar-refractivity contribution >= 4 is 11.7 Å². The zero-order valence-corrected chi connectivity index (χ0v) is 9.97. The molecular formula is C11H19N3O2. The Bertz CT molecular complexity index is 345. The number of hydrogen-bond donors (Lipinski definition) is 2. The molecule has 0 aliphatic rings. The molecule has 0 aromatic carbocycles. The lowest BCUT2D eigenvalue weighted by molar-refractivity contribution is -0.116. The SMILES string of the molecule is CC(O)CCC(=O)Nc1ccnn1C(C)C. The molecule has 2 N–H and O–H groups in total. The number of amides is 1.